The molecule has 0 aliphatic rings. The van der Waals surface area contributed by atoms with E-state index in [0.29, 0.717) is 24.3 Å². The van der Waals surface area contributed by atoms with Crippen LogP contribution in [0.4, 0.5) is 4.39 Å². The van der Waals surface area contributed by atoms with Crippen LogP contribution in [-0.4, -0.2) is 24.7 Å². The minimum atomic E-state index is -0.964. The Morgan fingerprint density at radius 2 is 1.95 bits per heavy atom. The lowest BCUT2D eigenvalue weighted by molar-refractivity contribution is 0.0697. The van der Waals surface area contributed by atoms with Gasteiger partial charge in [0.05, 0.1) is 12.7 Å². The highest BCUT2D eigenvalue weighted by atomic mass is 19.1. The Morgan fingerprint density at radius 1 is 1.27 bits per heavy atom. The van der Waals surface area contributed by atoms with Gasteiger partial charge in [-0.2, -0.15) is 0 Å². The number of ether oxygens (including phenoxy) is 1. The van der Waals surface area contributed by atoms with Crippen molar-refractivity contribution in [1.82, 2.24) is 0 Å². The molecule has 5 heteroatoms. The van der Waals surface area contributed by atoms with E-state index in [0.717, 1.165) is 5.56 Å². The van der Waals surface area contributed by atoms with Crippen molar-refractivity contribution in [3.05, 3.63) is 65.0 Å². The SMILES string of the molecule is COc1ccc(F)cc1C(CN)Cc1ccc(C(=O)O)cc1. The van der Waals surface area contributed by atoms with Crippen molar-refractivity contribution in [3.8, 4) is 5.75 Å². The summed E-state index contributed by atoms with van der Waals surface area (Å²) in [6, 6.07) is 11.0. The van der Waals surface area contributed by atoms with Crippen LogP contribution in [0.3, 0.4) is 0 Å². The highest BCUT2D eigenvalue weighted by Gasteiger charge is 2.17. The summed E-state index contributed by atoms with van der Waals surface area (Å²) in [4.78, 5) is 10.9. The topological polar surface area (TPSA) is 72.5 Å². The van der Waals surface area contributed by atoms with Gasteiger partial charge in [-0.05, 0) is 48.9 Å². The van der Waals surface area contributed by atoms with Gasteiger partial charge in [0, 0.05) is 11.5 Å². The lowest BCUT2D eigenvalue weighted by Gasteiger charge is -2.18. The smallest absolute Gasteiger partial charge is 0.335 e. The summed E-state index contributed by atoms with van der Waals surface area (Å²) in [7, 11) is 1.53. The molecular formula is C17H18FNO3. The van der Waals surface area contributed by atoms with Crippen LogP contribution in [0.15, 0.2) is 42.5 Å². The van der Waals surface area contributed by atoms with Crippen LogP contribution >= 0.6 is 0 Å². The number of nitrogens with two attached hydrogens (primary N) is 1. The van der Waals surface area contributed by atoms with Crippen molar-refractivity contribution >= 4 is 5.97 Å². The van der Waals surface area contributed by atoms with Crippen LogP contribution in [0.2, 0.25) is 0 Å². The van der Waals surface area contributed by atoms with Gasteiger partial charge in [-0.1, -0.05) is 12.1 Å². The summed E-state index contributed by atoms with van der Waals surface area (Å²) in [5, 5.41) is 8.90. The molecule has 22 heavy (non-hydrogen) atoms. The molecule has 2 aromatic rings. The fourth-order valence-corrected chi connectivity index (χ4v) is 2.41. The molecule has 2 aromatic carbocycles. The maximum Gasteiger partial charge on any atom is 0.335 e. The molecule has 116 valence electrons. The highest BCUT2D eigenvalue weighted by molar-refractivity contribution is 5.87. The van der Waals surface area contributed by atoms with Gasteiger partial charge < -0.3 is 15.6 Å². The predicted octanol–water partition coefficient (Wildman–Crippen LogP) is 2.82. The third kappa shape index (κ3) is 3.62. The van der Waals surface area contributed by atoms with Crippen LogP contribution < -0.4 is 10.5 Å². The molecule has 1 unspecified atom stereocenters. The molecule has 0 spiro atoms. The Hall–Kier alpha value is -2.40. The molecular weight excluding hydrogens is 285 g/mol. The molecule has 0 amide bonds. The minimum absolute atomic E-state index is 0.110. The van der Waals surface area contributed by atoms with Crippen molar-refractivity contribution in [2.45, 2.75) is 12.3 Å². The lowest BCUT2D eigenvalue weighted by Crippen LogP contribution is -2.16. The van der Waals surface area contributed by atoms with E-state index in [1.54, 1.807) is 30.3 Å². The molecule has 4 nitrogen and oxygen atoms in total. The fraction of sp³-hybridized carbons (Fsp3) is 0.235. The van der Waals surface area contributed by atoms with E-state index in [1.165, 1.54) is 19.2 Å². The summed E-state index contributed by atoms with van der Waals surface area (Å²) in [5.41, 5.74) is 7.72. The summed E-state index contributed by atoms with van der Waals surface area (Å²) in [6.07, 6.45) is 0.580. The number of halogens is 1. The molecule has 0 aromatic heterocycles. The van der Waals surface area contributed by atoms with Crippen LogP contribution in [0, 0.1) is 5.82 Å². The minimum Gasteiger partial charge on any atom is -0.496 e. The first kappa shape index (κ1) is 16.0. The molecule has 0 radical (unpaired) electrons. The van der Waals surface area contributed by atoms with E-state index >= 15 is 0 Å². The van der Waals surface area contributed by atoms with Crippen LogP contribution in [0.5, 0.6) is 5.75 Å². The first-order chi connectivity index (χ1) is 10.5. The van der Waals surface area contributed by atoms with Crippen molar-refractivity contribution in [2.24, 2.45) is 5.73 Å². The molecule has 2 rings (SSSR count). The number of carbonyl (C=O) groups is 1. The number of carboxylic acids is 1. The molecule has 0 aliphatic carbocycles. The largest absolute Gasteiger partial charge is 0.496 e. The van der Waals surface area contributed by atoms with E-state index in [1.807, 2.05) is 0 Å². The van der Waals surface area contributed by atoms with Crippen LogP contribution in [0.1, 0.15) is 27.4 Å². The van der Waals surface area contributed by atoms with Gasteiger partial charge in [-0.3, -0.25) is 0 Å². The standard InChI is InChI=1S/C17H18FNO3/c1-22-16-7-6-14(18)9-15(16)13(10-19)8-11-2-4-12(5-3-11)17(20)21/h2-7,9,13H,8,10,19H2,1H3,(H,20,21). The van der Waals surface area contributed by atoms with E-state index < -0.39 is 5.97 Å². The molecule has 1 atom stereocenters. The molecule has 0 bridgehead atoms. The van der Waals surface area contributed by atoms with Crippen molar-refractivity contribution in [3.63, 3.8) is 0 Å². The summed E-state index contributed by atoms with van der Waals surface area (Å²) in [6.45, 7) is 0.334. The Bertz CT molecular complexity index is 655. The number of hydrogen-bond acceptors (Lipinski definition) is 3. The number of aromatic carboxylic acids is 1. The van der Waals surface area contributed by atoms with E-state index in [4.69, 9.17) is 15.6 Å². The predicted molar refractivity (Wildman–Crippen MR) is 81.9 cm³/mol. The molecule has 0 aliphatic heterocycles. The van der Waals surface area contributed by atoms with Gasteiger partial charge in [-0.25, -0.2) is 9.18 Å². The van der Waals surface area contributed by atoms with E-state index in [2.05, 4.69) is 0 Å². The second-order valence-electron chi connectivity index (χ2n) is 5.03. The molecule has 3 N–H and O–H groups in total. The van der Waals surface area contributed by atoms with Gasteiger partial charge in [0.1, 0.15) is 11.6 Å². The van der Waals surface area contributed by atoms with Crippen molar-refractivity contribution in [1.29, 1.82) is 0 Å². The molecule has 0 heterocycles. The van der Waals surface area contributed by atoms with Gasteiger partial charge in [0.15, 0.2) is 0 Å². The monoisotopic (exact) mass is 303 g/mol. The fourth-order valence-electron chi connectivity index (χ4n) is 2.41. The normalized spacial score (nSPS) is 12.0. The van der Waals surface area contributed by atoms with Crippen LogP contribution in [0.25, 0.3) is 0 Å². The maximum absolute atomic E-state index is 13.5. The quantitative estimate of drug-likeness (QED) is 0.860. The number of methoxy groups -OCH3 is 1. The Labute approximate surface area is 128 Å². The van der Waals surface area contributed by atoms with Gasteiger partial charge in [0.25, 0.3) is 0 Å². The number of benzene rings is 2. The second-order valence-corrected chi connectivity index (χ2v) is 5.03. The molecule has 0 fully saturated rings. The van der Waals surface area contributed by atoms with E-state index in [9.17, 15) is 9.18 Å². The summed E-state index contributed by atoms with van der Waals surface area (Å²) in [5.74, 6) is -0.815. The third-order valence-corrected chi connectivity index (χ3v) is 3.60. The zero-order valence-corrected chi connectivity index (χ0v) is 12.3. The van der Waals surface area contributed by atoms with Gasteiger partial charge in [-0.15, -0.1) is 0 Å². The first-order valence-electron chi connectivity index (χ1n) is 6.91. The van der Waals surface area contributed by atoms with E-state index in [-0.39, 0.29) is 17.3 Å². The lowest BCUT2D eigenvalue weighted by atomic mass is 9.91. The zero-order chi connectivity index (χ0) is 16.1. The summed E-state index contributed by atoms with van der Waals surface area (Å²) >= 11 is 0. The maximum atomic E-state index is 13.5. The molecule has 0 saturated carbocycles. The molecule has 0 saturated heterocycles. The zero-order valence-electron chi connectivity index (χ0n) is 12.3. The van der Waals surface area contributed by atoms with Crippen LogP contribution in [-0.2, 0) is 6.42 Å². The second kappa shape index (κ2) is 7.04. The van der Waals surface area contributed by atoms with Crippen molar-refractivity contribution < 1.29 is 19.0 Å². The van der Waals surface area contributed by atoms with Crippen molar-refractivity contribution in [2.75, 3.05) is 13.7 Å². The number of carboxylic acid groups (broad SMARTS) is 1. The Morgan fingerprint density at radius 3 is 2.50 bits per heavy atom. The highest BCUT2D eigenvalue weighted by Crippen LogP contribution is 2.29. The number of rotatable bonds is 6. The van der Waals surface area contributed by atoms with Gasteiger partial charge in [0.2, 0.25) is 0 Å². The Kier molecular flexibility index (Phi) is 5.12. The summed E-state index contributed by atoms with van der Waals surface area (Å²) < 4.78 is 18.8. The number of hydrogen-bond donors (Lipinski definition) is 2. The average molecular weight is 303 g/mol. The third-order valence-electron chi connectivity index (χ3n) is 3.60. The average Bonchev–Trinajstić information content (AvgIpc) is 2.53. The van der Waals surface area contributed by atoms with Gasteiger partial charge >= 0.3 is 5.97 Å². The first-order valence-corrected chi connectivity index (χ1v) is 6.91. The Balaban J connectivity index is 2.25.